The van der Waals surface area contributed by atoms with E-state index in [-0.39, 0.29) is 0 Å². The minimum absolute atomic E-state index is 0.673. The Balaban J connectivity index is 1.000. The van der Waals surface area contributed by atoms with Gasteiger partial charge in [-0.25, -0.2) is 9.97 Å². The van der Waals surface area contributed by atoms with E-state index < -0.39 is 8.07 Å². The summed E-state index contributed by atoms with van der Waals surface area (Å²) >= 11 is 4.09. The Hall–Kier alpha value is -7.04. The Morgan fingerprint density at radius 1 is 0.360 bits per heavy atom. The highest BCUT2D eigenvalue weighted by Crippen LogP contribution is 2.54. The molecular formula is C66H64N6S2Si. The van der Waals surface area contributed by atoms with Gasteiger partial charge in [-0.2, -0.15) is 0 Å². The second kappa shape index (κ2) is 22.8. The Morgan fingerprint density at radius 3 is 0.987 bits per heavy atom. The van der Waals surface area contributed by atoms with Crippen LogP contribution in [0.4, 0.5) is 0 Å². The monoisotopic (exact) mass is 1030 g/mol. The molecule has 8 aromatic heterocycles. The number of benzene rings is 2. The number of hydrogen-bond donors (Lipinski definition) is 0. The van der Waals surface area contributed by atoms with Crippen LogP contribution in [0.25, 0.3) is 98.4 Å². The van der Waals surface area contributed by atoms with Gasteiger partial charge in [0.05, 0.1) is 45.6 Å². The summed E-state index contributed by atoms with van der Waals surface area (Å²) in [6, 6.07) is 56.6. The first kappa shape index (κ1) is 50.1. The Morgan fingerprint density at radius 2 is 0.693 bits per heavy atom. The minimum atomic E-state index is -2.35. The molecule has 75 heavy (non-hydrogen) atoms. The van der Waals surface area contributed by atoms with Crippen LogP contribution < -0.4 is 10.4 Å². The molecule has 10 aromatic rings. The third-order valence-electron chi connectivity index (χ3n) is 15.5. The molecule has 0 spiro atoms. The summed E-state index contributed by atoms with van der Waals surface area (Å²) in [7, 11) is -2.35. The maximum atomic E-state index is 5.05. The van der Waals surface area contributed by atoms with E-state index in [9.17, 15) is 0 Å². The van der Waals surface area contributed by atoms with E-state index in [1.807, 2.05) is 120 Å². The van der Waals surface area contributed by atoms with Crippen LogP contribution in [-0.4, -0.2) is 38.0 Å². The van der Waals surface area contributed by atoms with E-state index in [0.29, 0.717) is 11.1 Å². The first-order valence-electron chi connectivity index (χ1n) is 27.2. The van der Waals surface area contributed by atoms with Crippen molar-refractivity contribution < 1.29 is 0 Å². The number of thiophene rings is 2. The third kappa shape index (κ3) is 10.1. The van der Waals surface area contributed by atoms with Crippen LogP contribution in [0.3, 0.4) is 0 Å². The summed E-state index contributed by atoms with van der Waals surface area (Å²) in [6.07, 6.45) is 20.1. The molecule has 6 nitrogen and oxygen atoms in total. The van der Waals surface area contributed by atoms with E-state index >= 15 is 0 Å². The summed E-state index contributed by atoms with van der Waals surface area (Å²) in [4.78, 5) is 34.7. The highest BCUT2D eigenvalue weighted by Gasteiger charge is 2.56. The number of rotatable bonds is 20. The lowest BCUT2D eigenvalue weighted by atomic mass is 10.0. The van der Waals surface area contributed by atoms with Crippen LogP contribution in [0.5, 0.6) is 0 Å². The van der Waals surface area contributed by atoms with Crippen molar-refractivity contribution in [3.8, 4) is 98.4 Å². The molecule has 374 valence electrons. The highest BCUT2D eigenvalue weighted by atomic mass is 32.1. The lowest BCUT2D eigenvalue weighted by Crippen LogP contribution is -2.61. The predicted octanol–water partition coefficient (Wildman–Crippen LogP) is 17.8. The predicted molar refractivity (Wildman–Crippen MR) is 319 cm³/mol. The van der Waals surface area contributed by atoms with Crippen LogP contribution in [0.1, 0.15) is 91.9 Å². The Kier molecular flexibility index (Phi) is 15.3. The topological polar surface area (TPSA) is 77.3 Å². The number of hydrogen-bond acceptors (Lipinski definition) is 8. The molecule has 0 saturated carbocycles. The van der Waals surface area contributed by atoms with Gasteiger partial charge in [0.25, 0.3) is 0 Å². The Labute approximate surface area is 452 Å². The molecule has 0 amide bonds. The maximum absolute atomic E-state index is 5.05. The van der Waals surface area contributed by atoms with E-state index in [0.717, 1.165) is 67.8 Å². The van der Waals surface area contributed by atoms with Gasteiger partial charge in [0.2, 0.25) is 0 Å². The maximum Gasteiger partial charge on any atom is 0.128 e. The molecule has 11 rings (SSSR count). The van der Waals surface area contributed by atoms with Crippen molar-refractivity contribution in [2.75, 3.05) is 0 Å². The summed E-state index contributed by atoms with van der Waals surface area (Å²) in [6.45, 7) is 9.73. The van der Waals surface area contributed by atoms with Crippen LogP contribution in [0, 0.1) is 0 Å². The molecule has 0 radical (unpaired) electrons. The van der Waals surface area contributed by atoms with E-state index in [2.05, 4.69) is 133 Å². The van der Waals surface area contributed by atoms with Crippen molar-refractivity contribution in [2.45, 2.75) is 103 Å². The molecule has 0 aliphatic carbocycles. The van der Waals surface area contributed by atoms with E-state index in [1.54, 1.807) is 20.1 Å². The first-order chi connectivity index (χ1) is 37.0. The molecule has 1 aliphatic heterocycles. The third-order valence-corrected chi connectivity index (χ3v) is 24.9. The van der Waals surface area contributed by atoms with Gasteiger partial charge in [0.15, 0.2) is 0 Å². The molecular weight excluding hydrogens is 969 g/mol. The van der Waals surface area contributed by atoms with Crippen molar-refractivity contribution in [1.82, 2.24) is 29.9 Å². The quantitative estimate of drug-likeness (QED) is 0.0559. The lowest BCUT2D eigenvalue weighted by molar-refractivity contribution is 0.574. The number of pyridine rings is 6. The zero-order chi connectivity index (χ0) is 51.1. The van der Waals surface area contributed by atoms with E-state index in [1.165, 1.54) is 85.1 Å². The van der Waals surface area contributed by atoms with Crippen molar-refractivity contribution in [3.63, 3.8) is 0 Å². The normalized spacial score (nSPS) is 13.3. The fourth-order valence-electron chi connectivity index (χ4n) is 11.8. The first-order valence-corrected chi connectivity index (χ1v) is 31.0. The highest BCUT2D eigenvalue weighted by molar-refractivity contribution is 7.32. The molecule has 2 unspecified atom stereocenters. The van der Waals surface area contributed by atoms with Gasteiger partial charge in [0, 0.05) is 44.3 Å². The van der Waals surface area contributed by atoms with Gasteiger partial charge in [-0.3, -0.25) is 19.9 Å². The average molecular weight is 1030 g/mol. The zero-order valence-electron chi connectivity index (χ0n) is 43.5. The van der Waals surface area contributed by atoms with Crippen molar-refractivity contribution in [3.05, 3.63) is 183 Å². The fourth-order valence-corrected chi connectivity index (χ4v) is 22.9. The van der Waals surface area contributed by atoms with Gasteiger partial charge in [0.1, 0.15) is 8.07 Å². The van der Waals surface area contributed by atoms with Crippen LogP contribution >= 0.6 is 22.7 Å². The SMILES string of the molecule is CCCCCC(CC)[Si]1(C(CC)CCCCC)c2cc(-c3ccc(-c4cc(-c5ccccn5)nc(-c5ccccn5)c4)cc3)sc2-c2sc(-c3ccc(-c4cc(-c5ccccn5)nc(-c5ccccn5)c4)cc3)cc21. The van der Waals surface area contributed by atoms with E-state index in [4.69, 9.17) is 9.97 Å². The zero-order valence-corrected chi connectivity index (χ0v) is 46.2. The largest absolute Gasteiger partial charge is 0.255 e. The second-order valence-corrected chi connectivity index (χ2v) is 26.6. The number of unbranched alkanes of at least 4 members (excludes halogenated alkanes) is 4. The van der Waals surface area contributed by atoms with Crippen LogP contribution in [0.2, 0.25) is 11.1 Å². The van der Waals surface area contributed by atoms with Gasteiger partial charge in [-0.15, -0.1) is 22.7 Å². The molecule has 9 heteroatoms. The second-order valence-electron chi connectivity index (χ2n) is 20.0. The fraction of sp³-hybridized carbons (Fsp3) is 0.242. The molecule has 0 fully saturated rings. The Bertz CT molecular complexity index is 3140. The number of aromatic nitrogens is 6. The number of fused-ring (bicyclic) bond motifs is 3. The summed E-state index contributed by atoms with van der Waals surface area (Å²) < 4.78 is 0. The molecule has 0 N–H and O–H groups in total. The van der Waals surface area contributed by atoms with Gasteiger partial charge < -0.3 is 0 Å². The molecule has 0 bridgehead atoms. The van der Waals surface area contributed by atoms with Crippen LogP contribution in [0.15, 0.2) is 183 Å². The van der Waals surface area contributed by atoms with Crippen molar-refractivity contribution in [2.24, 2.45) is 0 Å². The minimum Gasteiger partial charge on any atom is -0.255 e. The van der Waals surface area contributed by atoms with Gasteiger partial charge in [-0.05, 0) is 140 Å². The standard InChI is InChI=1S/C66H64N6S2Si/c1-5-9-11-21-51(7-3)75(52(8-4)22-12-10-6-2)63-43-61(47-31-27-45(28-32-47)49-39-57(53-23-13-17-35-67-53)71-58(40-49)54-24-14-18-36-68-54)73-65(63)66-64(75)44-62(74-66)48-33-29-46(30-34-48)50-41-59(55-25-15-19-37-69-55)72-60(42-50)56-26-16-20-38-70-56/h13-20,23-44,51-52H,5-12,21-22H2,1-4H3. The summed E-state index contributed by atoms with van der Waals surface area (Å²) in [5.41, 5.74) is 15.1. The summed E-state index contributed by atoms with van der Waals surface area (Å²) in [5.74, 6) is 0. The van der Waals surface area contributed by atoms with Gasteiger partial charge in [-0.1, -0.05) is 165 Å². The number of nitrogens with zero attached hydrogens (tertiary/aromatic N) is 6. The molecule has 0 saturated heterocycles. The molecule has 9 heterocycles. The van der Waals surface area contributed by atoms with Crippen LogP contribution in [-0.2, 0) is 0 Å². The molecule has 2 atom stereocenters. The van der Waals surface area contributed by atoms with Crippen molar-refractivity contribution in [1.29, 1.82) is 0 Å². The summed E-state index contributed by atoms with van der Waals surface area (Å²) in [5, 5.41) is 3.45. The smallest absolute Gasteiger partial charge is 0.128 e. The molecule has 1 aliphatic rings. The average Bonchev–Trinajstić information content (AvgIpc) is 4.23. The van der Waals surface area contributed by atoms with Crippen molar-refractivity contribution >= 4 is 41.1 Å². The molecule has 2 aromatic carbocycles. The lowest BCUT2D eigenvalue weighted by Gasteiger charge is -2.43. The van der Waals surface area contributed by atoms with Gasteiger partial charge >= 0.3 is 0 Å².